The molecule has 0 saturated carbocycles. The average molecular weight is 222 g/mol. The molecule has 0 unspecified atom stereocenters. The predicted octanol–water partition coefficient (Wildman–Crippen LogP) is 1.76. The van der Waals surface area contributed by atoms with Crippen molar-refractivity contribution in [3.63, 3.8) is 0 Å². The largest absolute Gasteiger partial charge is 0.507 e. The number of hydrogen-bond donors (Lipinski definition) is 3. The number of aromatic carboxylic acids is 1. The van der Waals surface area contributed by atoms with Gasteiger partial charge in [-0.3, -0.25) is 0 Å². The van der Waals surface area contributed by atoms with Crippen LogP contribution < -0.4 is 0 Å². The van der Waals surface area contributed by atoms with Crippen molar-refractivity contribution in [1.29, 1.82) is 0 Å². The van der Waals surface area contributed by atoms with E-state index in [1.165, 1.54) is 18.2 Å². The minimum Gasteiger partial charge on any atom is -0.507 e. The molecule has 2 N–H and O–H groups in total. The van der Waals surface area contributed by atoms with Gasteiger partial charge in [-0.15, -0.1) is 0 Å². The molecule has 0 aliphatic carbocycles. The van der Waals surface area contributed by atoms with E-state index in [1.54, 1.807) is 0 Å². The summed E-state index contributed by atoms with van der Waals surface area (Å²) in [7, 11) is 0. The lowest BCUT2D eigenvalue weighted by molar-refractivity contribution is 0.0697. The van der Waals surface area contributed by atoms with Crippen LogP contribution in [0.4, 0.5) is 0 Å². The van der Waals surface area contributed by atoms with Gasteiger partial charge in [0, 0.05) is 12.2 Å². The lowest BCUT2D eigenvalue weighted by atomic mass is 10.1. The molecule has 0 saturated heterocycles. The topological polar surface area (TPSA) is 57.5 Å². The van der Waals surface area contributed by atoms with Gasteiger partial charge in [0.1, 0.15) is 5.75 Å². The zero-order chi connectivity index (χ0) is 11.3. The van der Waals surface area contributed by atoms with Crippen LogP contribution in [0.2, 0.25) is 0 Å². The second-order valence-corrected chi connectivity index (χ2v) is 3.26. The quantitative estimate of drug-likeness (QED) is 0.528. The summed E-state index contributed by atoms with van der Waals surface area (Å²) in [6.07, 6.45) is 0.597. The van der Waals surface area contributed by atoms with E-state index >= 15 is 0 Å². The van der Waals surface area contributed by atoms with E-state index in [1.807, 2.05) is 0 Å². The molecule has 0 spiro atoms. The molecule has 0 aliphatic rings. The maximum atomic E-state index is 10.7. The van der Waals surface area contributed by atoms with Crippen LogP contribution in [0, 0.1) is 11.8 Å². The van der Waals surface area contributed by atoms with Gasteiger partial charge in [-0.25, -0.2) is 4.79 Å². The standard InChI is InChI=1S/C11H10O3S/c12-10-5-4-9(11(13)14)7-8(10)3-1-2-6-15/h4-5,7,12,15H,2,6H2,(H,13,14). The Bertz CT molecular complexity index is 429. The number of phenols is 1. The summed E-state index contributed by atoms with van der Waals surface area (Å²) in [5.74, 6) is 5.06. The Labute approximate surface area is 93.2 Å². The van der Waals surface area contributed by atoms with Gasteiger partial charge in [-0.05, 0) is 18.2 Å². The number of carboxylic acids is 1. The van der Waals surface area contributed by atoms with Crippen molar-refractivity contribution in [1.82, 2.24) is 0 Å². The average Bonchev–Trinajstić information content (AvgIpc) is 2.20. The van der Waals surface area contributed by atoms with E-state index in [2.05, 4.69) is 24.5 Å². The van der Waals surface area contributed by atoms with Crippen LogP contribution in [0.15, 0.2) is 18.2 Å². The summed E-state index contributed by atoms with van der Waals surface area (Å²) >= 11 is 3.99. The highest BCUT2D eigenvalue weighted by atomic mass is 32.1. The summed E-state index contributed by atoms with van der Waals surface area (Å²) in [6.45, 7) is 0. The number of hydrogen-bond acceptors (Lipinski definition) is 3. The Morgan fingerprint density at radius 2 is 2.20 bits per heavy atom. The van der Waals surface area contributed by atoms with E-state index in [9.17, 15) is 9.90 Å². The molecule has 15 heavy (non-hydrogen) atoms. The third kappa shape index (κ3) is 3.22. The molecule has 1 aromatic carbocycles. The molecule has 0 aromatic heterocycles. The molecule has 1 rings (SSSR count). The Kier molecular flexibility index (Phi) is 4.07. The highest BCUT2D eigenvalue weighted by Gasteiger charge is 2.05. The molecular formula is C11H10O3S. The van der Waals surface area contributed by atoms with Crippen LogP contribution >= 0.6 is 12.6 Å². The lowest BCUT2D eigenvalue weighted by Gasteiger charge is -1.98. The van der Waals surface area contributed by atoms with Crippen LogP contribution in [-0.2, 0) is 0 Å². The van der Waals surface area contributed by atoms with Gasteiger partial charge in [0.25, 0.3) is 0 Å². The zero-order valence-electron chi connectivity index (χ0n) is 7.90. The fraction of sp³-hybridized carbons (Fsp3) is 0.182. The van der Waals surface area contributed by atoms with Crippen molar-refractivity contribution in [3.8, 4) is 17.6 Å². The number of thiol groups is 1. The SMILES string of the molecule is O=C(O)c1ccc(O)c(C#CCCS)c1. The van der Waals surface area contributed by atoms with Crippen LogP contribution in [0.1, 0.15) is 22.3 Å². The van der Waals surface area contributed by atoms with E-state index in [0.29, 0.717) is 17.7 Å². The molecule has 0 aliphatic heterocycles. The third-order valence-corrected chi connectivity index (χ3v) is 1.93. The molecule has 78 valence electrons. The molecule has 0 atom stereocenters. The molecule has 3 nitrogen and oxygen atoms in total. The summed E-state index contributed by atoms with van der Waals surface area (Å²) in [5.41, 5.74) is 0.444. The van der Waals surface area contributed by atoms with Crippen LogP contribution in [0.25, 0.3) is 0 Å². The highest BCUT2D eigenvalue weighted by Crippen LogP contribution is 2.17. The molecule has 4 heteroatoms. The number of benzene rings is 1. The van der Waals surface area contributed by atoms with Crippen LogP contribution in [0.3, 0.4) is 0 Å². The highest BCUT2D eigenvalue weighted by molar-refractivity contribution is 7.80. The maximum Gasteiger partial charge on any atom is 0.335 e. The van der Waals surface area contributed by atoms with E-state index in [4.69, 9.17) is 5.11 Å². The first kappa shape index (κ1) is 11.5. The van der Waals surface area contributed by atoms with Gasteiger partial charge in [0.15, 0.2) is 0 Å². The summed E-state index contributed by atoms with van der Waals surface area (Å²) in [4.78, 5) is 10.7. The predicted molar refractivity (Wildman–Crippen MR) is 60.4 cm³/mol. The minimum atomic E-state index is -1.03. The first-order valence-corrected chi connectivity index (χ1v) is 4.94. The van der Waals surface area contributed by atoms with Crippen molar-refractivity contribution < 1.29 is 15.0 Å². The van der Waals surface area contributed by atoms with Gasteiger partial charge in [0.2, 0.25) is 0 Å². The lowest BCUT2D eigenvalue weighted by Crippen LogP contribution is -1.96. The number of carbonyl (C=O) groups is 1. The van der Waals surface area contributed by atoms with Crippen molar-refractivity contribution in [2.45, 2.75) is 6.42 Å². The fourth-order valence-electron chi connectivity index (χ4n) is 0.983. The van der Waals surface area contributed by atoms with Gasteiger partial charge >= 0.3 is 5.97 Å². The first-order valence-electron chi connectivity index (χ1n) is 4.31. The molecular weight excluding hydrogens is 212 g/mol. The first-order chi connectivity index (χ1) is 7.15. The number of phenolic OH excluding ortho intramolecular Hbond substituents is 1. The van der Waals surface area contributed by atoms with Gasteiger partial charge in [-0.2, -0.15) is 12.6 Å². The van der Waals surface area contributed by atoms with Gasteiger partial charge in [0.05, 0.1) is 11.1 Å². The minimum absolute atomic E-state index is 0.00772. The van der Waals surface area contributed by atoms with E-state index in [0.717, 1.165) is 0 Å². The van der Waals surface area contributed by atoms with E-state index in [-0.39, 0.29) is 11.3 Å². The second-order valence-electron chi connectivity index (χ2n) is 2.81. The Morgan fingerprint density at radius 3 is 2.80 bits per heavy atom. The van der Waals surface area contributed by atoms with Crippen molar-refractivity contribution >= 4 is 18.6 Å². The van der Waals surface area contributed by atoms with Gasteiger partial charge < -0.3 is 10.2 Å². The van der Waals surface area contributed by atoms with Crippen molar-refractivity contribution in [3.05, 3.63) is 29.3 Å². The van der Waals surface area contributed by atoms with Crippen LogP contribution in [-0.4, -0.2) is 21.9 Å². The Morgan fingerprint density at radius 1 is 1.47 bits per heavy atom. The molecule has 0 heterocycles. The zero-order valence-corrected chi connectivity index (χ0v) is 8.79. The number of rotatable bonds is 2. The fourth-order valence-corrected chi connectivity index (χ4v) is 1.09. The Balaban J connectivity index is 3.02. The van der Waals surface area contributed by atoms with Crippen molar-refractivity contribution in [2.75, 3.05) is 5.75 Å². The third-order valence-electron chi connectivity index (χ3n) is 1.70. The summed E-state index contributed by atoms with van der Waals surface area (Å²) < 4.78 is 0. The van der Waals surface area contributed by atoms with Crippen molar-refractivity contribution in [2.24, 2.45) is 0 Å². The van der Waals surface area contributed by atoms with Crippen LogP contribution in [0.5, 0.6) is 5.75 Å². The second kappa shape index (κ2) is 5.32. The number of carboxylic acid groups (broad SMARTS) is 1. The monoisotopic (exact) mass is 222 g/mol. The Hall–Kier alpha value is -1.60. The smallest absolute Gasteiger partial charge is 0.335 e. The van der Waals surface area contributed by atoms with Gasteiger partial charge in [-0.1, -0.05) is 11.8 Å². The number of aromatic hydroxyl groups is 1. The normalized spacial score (nSPS) is 9.13. The molecule has 0 bridgehead atoms. The summed E-state index contributed by atoms with van der Waals surface area (Å²) in [5, 5.41) is 18.1. The summed E-state index contributed by atoms with van der Waals surface area (Å²) in [6, 6.07) is 4.01. The molecule has 0 amide bonds. The molecule has 1 aromatic rings. The van der Waals surface area contributed by atoms with E-state index < -0.39 is 5.97 Å². The molecule has 0 radical (unpaired) electrons. The maximum absolute atomic E-state index is 10.7. The molecule has 0 fully saturated rings.